The zero-order valence-corrected chi connectivity index (χ0v) is 9.48. The van der Waals surface area contributed by atoms with Gasteiger partial charge in [-0.3, -0.25) is 4.31 Å². The molecule has 0 spiro atoms. The van der Waals surface area contributed by atoms with Crippen LogP contribution >= 0.6 is 11.9 Å². The van der Waals surface area contributed by atoms with Gasteiger partial charge in [-0.2, -0.15) is 0 Å². The Hall–Kier alpha value is -0.930. The van der Waals surface area contributed by atoms with E-state index in [9.17, 15) is 0 Å². The number of fused-ring (bicyclic) bond motifs is 1. The summed E-state index contributed by atoms with van der Waals surface area (Å²) in [6.45, 7) is 2.13. The molecule has 1 aromatic heterocycles. The van der Waals surface area contributed by atoms with E-state index in [4.69, 9.17) is 0 Å². The second-order valence-electron chi connectivity index (χ2n) is 3.58. The van der Waals surface area contributed by atoms with Gasteiger partial charge in [-0.25, -0.2) is 0 Å². The molecule has 0 aliphatic heterocycles. The molecule has 2 nitrogen and oxygen atoms in total. The highest BCUT2D eigenvalue weighted by Crippen LogP contribution is 2.25. The van der Waals surface area contributed by atoms with Crippen molar-refractivity contribution >= 4 is 22.9 Å². The Morgan fingerprint density at radius 1 is 1.29 bits per heavy atom. The number of aromatic amines is 1. The fourth-order valence-electron chi connectivity index (χ4n) is 1.51. The van der Waals surface area contributed by atoms with E-state index in [0.29, 0.717) is 0 Å². The first-order chi connectivity index (χ1) is 6.66. The highest BCUT2D eigenvalue weighted by atomic mass is 32.2. The van der Waals surface area contributed by atoms with Gasteiger partial charge in [0.15, 0.2) is 0 Å². The van der Waals surface area contributed by atoms with E-state index in [1.165, 1.54) is 21.4 Å². The van der Waals surface area contributed by atoms with Crippen LogP contribution in [0.1, 0.15) is 5.56 Å². The van der Waals surface area contributed by atoms with Crippen molar-refractivity contribution in [2.75, 3.05) is 14.1 Å². The molecule has 1 heterocycles. The smallest absolute Gasteiger partial charge is 0.0457 e. The van der Waals surface area contributed by atoms with Crippen LogP contribution in [0.5, 0.6) is 0 Å². The zero-order valence-electron chi connectivity index (χ0n) is 8.66. The summed E-state index contributed by atoms with van der Waals surface area (Å²) in [6.07, 6.45) is 2.05. The molecule has 0 bridgehead atoms. The summed E-state index contributed by atoms with van der Waals surface area (Å²) < 4.78 is 2.10. The minimum Gasteiger partial charge on any atom is -0.361 e. The van der Waals surface area contributed by atoms with Crippen LogP contribution in [0.2, 0.25) is 0 Å². The fraction of sp³-hybridized carbons (Fsp3) is 0.273. The minimum absolute atomic E-state index is 1.21. The predicted octanol–water partition coefficient (Wildman–Crippen LogP) is 3.05. The molecular weight excluding hydrogens is 192 g/mol. The first-order valence-corrected chi connectivity index (χ1v) is 5.37. The van der Waals surface area contributed by atoms with Gasteiger partial charge in [0.25, 0.3) is 0 Å². The maximum absolute atomic E-state index is 3.25. The fourth-order valence-corrected chi connectivity index (χ4v) is 2.23. The predicted molar refractivity (Wildman–Crippen MR) is 62.6 cm³/mol. The summed E-state index contributed by atoms with van der Waals surface area (Å²) in [5.74, 6) is 0. The number of nitrogens with zero attached hydrogens (tertiary/aromatic N) is 1. The maximum atomic E-state index is 3.25. The van der Waals surface area contributed by atoms with E-state index in [1.54, 1.807) is 11.9 Å². The lowest BCUT2D eigenvalue weighted by Crippen LogP contribution is -1.98. The lowest BCUT2D eigenvalue weighted by atomic mass is 10.2. The van der Waals surface area contributed by atoms with E-state index >= 15 is 0 Å². The van der Waals surface area contributed by atoms with Crippen molar-refractivity contribution in [2.24, 2.45) is 0 Å². The summed E-state index contributed by atoms with van der Waals surface area (Å²) in [6, 6.07) is 6.50. The average molecular weight is 206 g/mol. The monoisotopic (exact) mass is 206 g/mol. The number of hydrogen-bond acceptors (Lipinski definition) is 2. The molecule has 0 unspecified atom stereocenters. The third-order valence-corrected chi connectivity index (χ3v) is 2.98. The number of aryl methyl sites for hydroxylation is 1. The molecule has 74 valence electrons. The van der Waals surface area contributed by atoms with E-state index in [-0.39, 0.29) is 0 Å². The third kappa shape index (κ3) is 1.79. The van der Waals surface area contributed by atoms with Crippen LogP contribution in [0.4, 0.5) is 0 Å². The molecule has 0 radical (unpaired) electrons. The Labute approximate surface area is 88.4 Å². The van der Waals surface area contributed by atoms with Crippen molar-refractivity contribution < 1.29 is 0 Å². The molecule has 3 heteroatoms. The van der Waals surface area contributed by atoms with Crippen molar-refractivity contribution in [3.8, 4) is 0 Å². The summed E-state index contributed by atoms with van der Waals surface area (Å²) >= 11 is 1.74. The van der Waals surface area contributed by atoms with E-state index in [2.05, 4.69) is 54.7 Å². The number of rotatable bonds is 2. The van der Waals surface area contributed by atoms with Crippen LogP contribution in [-0.4, -0.2) is 23.4 Å². The van der Waals surface area contributed by atoms with Gasteiger partial charge in [0.1, 0.15) is 0 Å². The van der Waals surface area contributed by atoms with Gasteiger partial charge in [0.2, 0.25) is 0 Å². The molecular formula is C11H14N2S. The number of aromatic nitrogens is 1. The van der Waals surface area contributed by atoms with Crippen LogP contribution < -0.4 is 0 Å². The van der Waals surface area contributed by atoms with Gasteiger partial charge in [0, 0.05) is 22.0 Å². The Kier molecular flexibility index (Phi) is 2.52. The molecule has 14 heavy (non-hydrogen) atoms. The van der Waals surface area contributed by atoms with Crippen molar-refractivity contribution in [1.82, 2.24) is 9.29 Å². The Morgan fingerprint density at radius 3 is 2.79 bits per heavy atom. The molecule has 0 fully saturated rings. The summed E-state index contributed by atoms with van der Waals surface area (Å²) in [4.78, 5) is 4.53. The maximum Gasteiger partial charge on any atom is 0.0457 e. The zero-order chi connectivity index (χ0) is 10.1. The molecule has 0 saturated carbocycles. The normalized spacial score (nSPS) is 11.4. The van der Waals surface area contributed by atoms with Gasteiger partial charge in [0.05, 0.1) is 0 Å². The number of H-pyrrole nitrogens is 1. The van der Waals surface area contributed by atoms with Crippen LogP contribution in [0.25, 0.3) is 10.9 Å². The number of hydrogen-bond donors (Lipinski definition) is 1. The summed E-state index contributed by atoms with van der Waals surface area (Å²) in [5, 5.41) is 1.32. The van der Waals surface area contributed by atoms with Gasteiger partial charge in [-0.1, -0.05) is 0 Å². The highest BCUT2D eigenvalue weighted by molar-refractivity contribution is 7.97. The van der Waals surface area contributed by atoms with Gasteiger partial charge < -0.3 is 4.98 Å². The van der Waals surface area contributed by atoms with Gasteiger partial charge in [-0.15, -0.1) is 0 Å². The largest absolute Gasteiger partial charge is 0.361 e. The number of benzene rings is 1. The quantitative estimate of drug-likeness (QED) is 0.762. The molecule has 1 aromatic carbocycles. The van der Waals surface area contributed by atoms with Crippen molar-refractivity contribution in [2.45, 2.75) is 11.8 Å². The SMILES string of the molecule is Cc1c[nH]c2ccc(SN(C)C)cc12. The first kappa shape index (κ1) is 9.62. The van der Waals surface area contributed by atoms with Crippen LogP contribution in [0.3, 0.4) is 0 Å². The summed E-state index contributed by atoms with van der Waals surface area (Å²) in [7, 11) is 4.11. The Bertz CT molecular complexity index is 445. The van der Waals surface area contributed by atoms with E-state index < -0.39 is 0 Å². The molecule has 2 aromatic rings. The van der Waals surface area contributed by atoms with Crippen molar-refractivity contribution in [3.63, 3.8) is 0 Å². The van der Waals surface area contributed by atoms with Crippen molar-refractivity contribution in [3.05, 3.63) is 30.0 Å². The first-order valence-electron chi connectivity index (χ1n) is 4.60. The lowest BCUT2D eigenvalue weighted by Gasteiger charge is -2.08. The number of nitrogens with one attached hydrogen (secondary N) is 1. The van der Waals surface area contributed by atoms with Crippen LogP contribution in [0.15, 0.2) is 29.3 Å². The highest BCUT2D eigenvalue weighted by Gasteiger charge is 2.02. The van der Waals surface area contributed by atoms with Crippen molar-refractivity contribution in [1.29, 1.82) is 0 Å². The molecule has 1 N–H and O–H groups in total. The molecule has 0 amide bonds. The Morgan fingerprint density at radius 2 is 2.07 bits per heavy atom. The second kappa shape index (κ2) is 3.67. The van der Waals surface area contributed by atoms with Gasteiger partial charge >= 0.3 is 0 Å². The average Bonchev–Trinajstić information content (AvgIpc) is 2.47. The third-order valence-electron chi connectivity index (χ3n) is 2.15. The molecule has 0 aliphatic rings. The van der Waals surface area contributed by atoms with E-state index in [0.717, 1.165) is 0 Å². The molecule has 2 rings (SSSR count). The molecule has 0 saturated heterocycles. The molecule has 0 atom stereocenters. The Balaban J connectivity index is 2.44. The topological polar surface area (TPSA) is 19.0 Å². The van der Waals surface area contributed by atoms with Crippen LogP contribution in [0, 0.1) is 6.92 Å². The lowest BCUT2D eigenvalue weighted by molar-refractivity contribution is 0.703. The minimum atomic E-state index is 1.21. The standard InChI is InChI=1S/C11H14N2S/c1-8-7-12-11-5-4-9(6-10(8)11)14-13(2)3/h4-7,12H,1-3H3. The van der Waals surface area contributed by atoms with E-state index in [1.807, 2.05) is 0 Å². The summed E-state index contributed by atoms with van der Waals surface area (Å²) in [5.41, 5.74) is 2.52. The second-order valence-corrected chi connectivity index (χ2v) is 4.97. The molecule has 0 aliphatic carbocycles. The van der Waals surface area contributed by atoms with Crippen LogP contribution in [-0.2, 0) is 0 Å². The van der Waals surface area contributed by atoms with Gasteiger partial charge in [-0.05, 0) is 56.7 Å².